The minimum atomic E-state index is -0.298. The Morgan fingerprint density at radius 2 is 1.90 bits per heavy atom. The van der Waals surface area contributed by atoms with Gasteiger partial charge in [0.1, 0.15) is 5.75 Å². The molecular weight excluding hydrogens is 400 g/mol. The van der Waals surface area contributed by atoms with Crippen LogP contribution in [0.3, 0.4) is 0 Å². The Morgan fingerprint density at radius 1 is 1.17 bits per heavy atom. The lowest BCUT2D eigenvalue weighted by Gasteiger charge is -2.18. The largest absolute Gasteiger partial charge is 0.497 e. The first kappa shape index (κ1) is 22.2. The Hall–Kier alpha value is -2.53. The molecule has 6 heteroatoms. The van der Waals surface area contributed by atoms with E-state index >= 15 is 0 Å². The number of hydrogen-bond donors (Lipinski definition) is 1. The summed E-state index contributed by atoms with van der Waals surface area (Å²) in [7, 11) is 1.63. The Balaban J connectivity index is 1.81. The fraction of sp³-hybridized carbons (Fsp3) is 0.417. The molecule has 160 valence electrons. The second-order valence-corrected chi connectivity index (χ2v) is 8.62. The third kappa shape index (κ3) is 5.33. The predicted octanol–water partition coefficient (Wildman–Crippen LogP) is 4.37. The normalized spacial score (nSPS) is 18.5. The highest BCUT2D eigenvalue weighted by Crippen LogP contribution is 2.34. The average Bonchev–Trinajstić information content (AvgIpc) is 3.18. The van der Waals surface area contributed by atoms with Crippen molar-refractivity contribution in [2.75, 3.05) is 26.7 Å². The van der Waals surface area contributed by atoms with Crippen molar-refractivity contribution in [2.45, 2.75) is 26.2 Å². The van der Waals surface area contributed by atoms with E-state index in [1.807, 2.05) is 24.3 Å². The number of benzene rings is 2. The number of carbonyl (C=O) groups excluding carboxylic acids is 2. The topological polar surface area (TPSA) is 58.6 Å². The van der Waals surface area contributed by atoms with Crippen molar-refractivity contribution in [3.8, 4) is 5.75 Å². The van der Waals surface area contributed by atoms with E-state index in [-0.39, 0.29) is 23.7 Å². The predicted molar refractivity (Wildman–Crippen MR) is 119 cm³/mol. The quantitative estimate of drug-likeness (QED) is 0.712. The van der Waals surface area contributed by atoms with Gasteiger partial charge in [-0.15, -0.1) is 0 Å². The standard InChI is InChI=1S/C24H29ClN2O3/c1-16(2)11-12-26-23(28)22-15-27(24(29)18-5-4-6-19(25)13-18)14-21(22)17-7-9-20(30-3)10-8-17/h4-10,13,16,21-22H,11-12,14-15H2,1-3H3,(H,26,28). The van der Waals surface area contributed by atoms with Gasteiger partial charge in [-0.05, 0) is 48.2 Å². The van der Waals surface area contributed by atoms with Crippen LogP contribution in [0, 0.1) is 11.8 Å². The summed E-state index contributed by atoms with van der Waals surface area (Å²) in [5.74, 6) is 0.812. The number of nitrogens with zero attached hydrogens (tertiary/aromatic N) is 1. The number of ether oxygens (including phenoxy) is 1. The first-order chi connectivity index (χ1) is 14.4. The summed E-state index contributed by atoms with van der Waals surface area (Å²) >= 11 is 6.06. The summed E-state index contributed by atoms with van der Waals surface area (Å²) in [5.41, 5.74) is 1.57. The van der Waals surface area contributed by atoms with Gasteiger partial charge in [0.15, 0.2) is 0 Å². The van der Waals surface area contributed by atoms with Gasteiger partial charge >= 0.3 is 0 Å². The molecule has 3 rings (SSSR count). The number of halogens is 1. The molecule has 5 nitrogen and oxygen atoms in total. The van der Waals surface area contributed by atoms with Crippen molar-refractivity contribution in [3.63, 3.8) is 0 Å². The number of methoxy groups -OCH3 is 1. The van der Waals surface area contributed by atoms with Crippen LogP contribution in [-0.4, -0.2) is 43.5 Å². The molecule has 0 radical (unpaired) electrons. The van der Waals surface area contributed by atoms with Crippen LogP contribution >= 0.6 is 11.6 Å². The van der Waals surface area contributed by atoms with Gasteiger partial charge in [0.25, 0.3) is 5.91 Å². The molecule has 0 spiro atoms. The smallest absolute Gasteiger partial charge is 0.253 e. The first-order valence-corrected chi connectivity index (χ1v) is 10.7. The van der Waals surface area contributed by atoms with Crippen molar-refractivity contribution in [2.24, 2.45) is 11.8 Å². The van der Waals surface area contributed by atoms with Crippen LogP contribution in [-0.2, 0) is 4.79 Å². The van der Waals surface area contributed by atoms with Gasteiger partial charge in [-0.25, -0.2) is 0 Å². The van der Waals surface area contributed by atoms with E-state index in [1.165, 1.54) is 0 Å². The zero-order chi connectivity index (χ0) is 21.7. The van der Waals surface area contributed by atoms with E-state index in [4.69, 9.17) is 16.3 Å². The Morgan fingerprint density at radius 3 is 2.53 bits per heavy atom. The highest BCUT2D eigenvalue weighted by molar-refractivity contribution is 6.30. The van der Waals surface area contributed by atoms with Crippen LogP contribution in [0.1, 0.15) is 42.1 Å². The third-order valence-electron chi connectivity index (χ3n) is 5.58. The lowest BCUT2D eigenvalue weighted by atomic mass is 9.88. The highest BCUT2D eigenvalue weighted by Gasteiger charge is 2.40. The van der Waals surface area contributed by atoms with Gasteiger partial charge in [0, 0.05) is 36.1 Å². The number of amides is 2. The lowest BCUT2D eigenvalue weighted by molar-refractivity contribution is -0.124. The molecule has 2 aromatic rings. The zero-order valence-corrected chi connectivity index (χ0v) is 18.5. The van der Waals surface area contributed by atoms with Crippen LogP contribution in [0.4, 0.5) is 0 Å². The second kappa shape index (κ2) is 9.98. The molecule has 30 heavy (non-hydrogen) atoms. The monoisotopic (exact) mass is 428 g/mol. The molecule has 1 aliphatic heterocycles. The lowest BCUT2D eigenvalue weighted by Crippen LogP contribution is -2.36. The minimum Gasteiger partial charge on any atom is -0.497 e. The second-order valence-electron chi connectivity index (χ2n) is 8.18. The molecule has 2 unspecified atom stereocenters. The van der Waals surface area contributed by atoms with Crippen LogP contribution in [0.15, 0.2) is 48.5 Å². The maximum absolute atomic E-state index is 13.1. The molecule has 1 fully saturated rings. The summed E-state index contributed by atoms with van der Waals surface area (Å²) in [5, 5.41) is 3.59. The SMILES string of the molecule is COc1ccc(C2CN(C(=O)c3cccc(Cl)c3)CC2C(=O)NCCC(C)C)cc1. The van der Waals surface area contributed by atoms with Crippen LogP contribution in [0.25, 0.3) is 0 Å². The average molecular weight is 429 g/mol. The van der Waals surface area contributed by atoms with Crippen LogP contribution in [0.2, 0.25) is 5.02 Å². The van der Waals surface area contributed by atoms with Crippen LogP contribution < -0.4 is 10.1 Å². The number of rotatable bonds is 7. The van der Waals surface area contributed by atoms with Gasteiger partial charge in [0.2, 0.25) is 5.91 Å². The highest BCUT2D eigenvalue weighted by atomic mass is 35.5. The molecule has 0 aliphatic carbocycles. The van der Waals surface area contributed by atoms with Crippen molar-refractivity contribution < 1.29 is 14.3 Å². The Kier molecular flexibility index (Phi) is 7.38. The maximum Gasteiger partial charge on any atom is 0.253 e. The molecule has 1 heterocycles. The fourth-order valence-corrected chi connectivity index (χ4v) is 4.03. The van der Waals surface area contributed by atoms with Crippen molar-refractivity contribution in [1.82, 2.24) is 10.2 Å². The maximum atomic E-state index is 13.1. The third-order valence-corrected chi connectivity index (χ3v) is 5.82. The van der Waals surface area contributed by atoms with Gasteiger partial charge in [-0.2, -0.15) is 0 Å². The number of nitrogens with one attached hydrogen (secondary N) is 1. The summed E-state index contributed by atoms with van der Waals surface area (Å²) in [6.45, 7) is 5.78. The van der Waals surface area contributed by atoms with Crippen molar-refractivity contribution in [1.29, 1.82) is 0 Å². The van der Waals surface area contributed by atoms with Gasteiger partial charge < -0.3 is 15.0 Å². The van der Waals surface area contributed by atoms with E-state index in [2.05, 4.69) is 19.2 Å². The molecule has 2 atom stereocenters. The molecule has 1 N–H and O–H groups in total. The molecule has 1 saturated heterocycles. The number of likely N-dealkylation sites (tertiary alicyclic amines) is 1. The summed E-state index contributed by atoms with van der Waals surface area (Å²) in [6.07, 6.45) is 0.927. The molecular formula is C24H29ClN2O3. The number of hydrogen-bond acceptors (Lipinski definition) is 3. The molecule has 0 bridgehead atoms. The van der Waals surface area contributed by atoms with E-state index in [0.29, 0.717) is 36.1 Å². The Labute approximate surface area is 183 Å². The van der Waals surface area contributed by atoms with E-state index in [0.717, 1.165) is 17.7 Å². The van der Waals surface area contributed by atoms with Crippen LogP contribution in [0.5, 0.6) is 5.75 Å². The van der Waals surface area contributed by atoms with E-state index < -0.39 is 0 Å². The fourth-order valence-electron chi connectivity index (χ4n) is 3.84. The van der Waals surface area contributed by atoms with E-state index in [9.17, 15) is 9.59 Å². The molecule has 2 aromatic carbocycles. The molecule has 2 amide bonds. The summed E-state index contributed by atoms with van der Waals surface area (Å²) in [6, 6.07) is 14.7. The van der Waals surface area contributed by atoms with Crippen molar-refractivity contribution >= 4 is 23.4 Å². The summed E-state index contributed by atoms with van der Waals surface area (Å²) < 4.78 is 5.25. The first-order valence-electron chi connectivity index (χ1n) is 10.4. The van der Waals surface area contributed by atoms with Gasteiger partial charge in [-0.3, -0.25) is 9.59 Å². The molecule has 0 aromatic heterocycles. The van der Waals surface area contributed by atoms with Gasteiger partial charge in [0.05, 0.1) is 13.0 Å². The minimum absolute atomic E-state index is 0.00198. The van der Waals surface area contributed by atoms with E-state index in [1.54, 1.807) is 36.3 Å². The summed E-state index contributed by atoms with van der Waals surface area (Å²) in [4.78, 5) is 27.8. The molecule has 1 aliphatic rings. The van der Waals surface area contributed by atoms with Gasteiger partial charge in [-0.1, -0.05) is 43.6 Å². The number of carbonyl (C=O) groups is 2. The van der Waals surface area contributed by atoms with Crippen molar-refractivity contribution in [3.05, 3.63) is 64.7 Å². The Bertz CT molecular complexity index is 882. The zero-order valence-electron chi connectivity index (χ0n) is 17.7. The molecule has 0 saturated carbocycles.